The van der Waals surface area contributed by atoms with Gasteiger partial charge < -0.3 is 9.84 Å². The molecule has 0 aromatic heterocycles. The predicted molar refractivity (Wildman–Crippen MR) is 70.1 cm³/mol. The van der Waals surface area contributed by atoms with Crippen molar-refractivity contribution in [2.45, 2.75) is 6.92 Å². The maximum Gasteiger partial charge on any atom is 0.176 e. The summed E-state index contributed by atoms with van der Waals surface area (Å²) in [4.78, 5) is 10.6. The van der Waals surface area contributed by atoms with E-state index < -0.39 is 0 Å². The summed E-state index contributed by atoms with van der Waals surface area (Å²) in [6.45, 7) is 2.29. The van der Waals surface area contributed by atoms with Gasteiger partial charge in [-0.3, -0.25) is 4.79 Å². The third kappa shape index (κ3) is 2.30. The van der Waals surface area contributed by atoms with Gasteiger partial charge in [-0.15, -0.1) is 0 Å². The second kappa shape index (κ2) is 5.15. The van der Waals surface area contributed by atoms with Crippen LogP contribution in [0.3, 0.4) is 0 Å². The number of hydrogen-bond donors (Lipinski definition) is 1. The van der Waals surface area contributed by atoms with Crippen molar-refractivity contribution in [1.82, 2.24) is 0 Å². The molecule has 0 aliphatic rings. The van der Waals surface area contributed by atoms with Gasteiger partial charge in [0.25, 0.3) is 0 Å². The molecule has 0 saturated heterocycles. The first-order chi connectivity index (χ1) is 6.61. The molecule has 0 radical (unpaired) electrons. The Morgan fingerprint density at radius 3 is 2.71 bits per heavy atom. The first-order valence-corrected chi connectivity index (χ1v) is 6.06. The third-order valence-electron chi connectivity index (χ3n) is 1.60. The van der Waals surface area contributed by atoms with Gasteiger partial charge in [0.2, 0.25) is 0 Å². The van der Waals surface area contributed by atoms with Gasteiger partial charge in [0.05, 0.1) is 15.7 Å². The smallest absolute Gasteiger partial charge is 0.176 e. The Kier molecular flexibility index (Phi) is 4.42. The van der Waals surface area contributed by atoms with Crippen LogP contribution in [0.5, 0.6) is 11.5 Å². The molecular formula is C9H8I2O3. The van der Waals surface area contributed by atoms with Crippen LogP contribution in [-0.2, 0) is 0 Å². The zero-order valence-electron chi connectivity index (χ0n) is 7.38. The van der Waals surface area contributed by atoms with Crippen LogP contribution in [-0.4, -0.2) is 18.0 Å². The molecule has 0 heterocycles. The molecule has 0 saturated carbocycles. The van der Waals surface area contributed by atoms with Gasteiger partial charge in [0.15, 0.2) is 17.8 Å². The maximum absolute atomic E-state index is 10.6. The highest BCUT2D eigenvalue weighted by molar-refractivity contribution is 14.1. The molecule has 0 spiro atoms. The second-order valence-electron chi connectivity index (χ2n) is 2.49. The lowest BCUT2D eigenvalue weighted by Gasteiger charge is -2.10. The van der Waals surface area contributed by atoms with E-state index in [2.05, 4.69) is 45.2 Å². The number of hydrogen-bond acceptors (Lipinski definition) is 3. The molecular weight excluding hydrogens is 410 g/mol. The summed E-state index contributed by atoms with van der Waals surface area (Å²) in [5, 5.41) is 9.66. The fourth-order valence-electron chi connectivity index (χ4n) is 0.978. The Hall–Kier alpha value is -0.0500. The molecule has 1 aromatic carbocycles. The molecule has 0 bridgehead atoms. The lowest BCUT2D eigenvalue weighted by Crippen LogP contribution is -1.98. The van der Waals surface area contributed by atoms with Crippen molar-refractivity contribution in [3.05, 3.63) is 18.8 Å². The molecule has 3 nitrogen and oxygen atoms in total. The first kappa shape index (κ1) is 12.0. The van der Waals surface area contributed by atoms with E-state index in [1.165, 1.54) is 0 Å². The fraction of sp³-hybridized carbons (Fsp3) is 0.222. The van der Waals surface area contributed by atoms with Crippen LogP contribution in [0.2, 0.25) is 0 Å². The lowest BCUT2D eigenvalue weighted by molar-refractivity contribution is 0.112. The Labute approximate surface area is 109 Å². The average Bonchev–Trinajstić information content (AvgIpc) is 2.18. The maximum atomic E-state index is 10.6. The minimum atomic E-state index is -0.0772. The van der Waals surface area contributed by atoms with Gasteiger partial charge in [-0.25, -0.2) is 0 Å². The third-order valence-corrected chi connectivity index (χ3v) is 4.55. The Bertz CT molecular complexity index is 364. The lowest BCUT2D eigenvalue weighted by atomic mass is 10.2. The van der Waals surface area contributed by atoms with Gasteiger partial charge in [0, 0.05) is 3.57 Å². The van der Waals surface area contributed by atoms with E-state index in [1.807, 2.05) is 6.92 Å². The van der Waals surface area contributed by atoms with Crippen LogP contribution >= 0.6 is 45.2 Å². The number of aromatic hydroxyl groups is 1. The highest BCUT2D eigenvalue weighted by Crippen LogP contribution is 2.37. The van der Waals surface area contributed by atoms with Crippen molar-refractivity contribution in [1.29, 1.82) is 0 Å². The van der Waals surface area contributed by atoms with E-state index in [1.54, 1.807) is 6.07 Å². The summed E-state index contributed by atoms with van der Waals surface area (Å²) < 4.78 is 6.99. The molecule has 76 valence electrons. The summed E-state index contributed by atoms with van der Waals surface area (Å²) >= 11 is 4.18. The molecule has 0 unspecified atom stereocenters. The molecule has 1 N–H and O–H groups in total. The molecule has 0 fully saturated rings. The molecule has 0 atom stereocenters. The molecule has 1 rings (SSSR count). The normalized spacial score (nSPS) is 9.93. The zero-order chi connectivity index (χ0) is 10.7. The number of phenols is 1. The summed E-state index contributed by atoms with van der Waals surface area (Å²) in [6.07, 6.45) is 0.621. The van der Waals surface area contributed by atoms with E-state index in [9.17, 15) is 9.90 Å². The molecule has 14 heavy (non-hydrogen) atoms. The van der Waals surface area contributed by atoms with Crippen molar-refractivity contribution in [2.24, 2.45) is 0 Å². The van der Waals surface area contributed by atoms with Crippen LogP contribution in [0, 0.1) is 7.14 Å². The van der Waals surface area contributed by atoms with E-state index >= 15 is 0 Å². The van der Waals surface area contributed by atoms with Gasteiger partial charge in [0.1, 0.15) is 0 Å². The number of carbonyl (C=O) groups excluding carboxylic acids is 1. The van der Waals surface area contributed by atoms with Crippen LogP contribution in [0.15, 0.2) is 6.07 Å². The largest absolute Gasteiger partial charge is 0.504 e. The van der Waals surface area contributed by atoms with Crippen LogP contribution in [0.4, 0.5) is 0 Å². The number of rotatable bonds is 3. The fourth-order valence-corrected chi connectivity index (χ4v) is 2.12. The van der Waals surface area contributed by atoms with Crippen molar-refractivity contribution in [3.8, 4) is 11.5 Å². The monoisotopic (exact) mass is 418 g/mol. The summed E-state index contributed by atoms with van der Waals surface area (Å²) in [5.41, 5.74) is 0.262. The van der Waals surface area contributed by atoms with Crippen LogP contribution in [0.25, 0.3) is 0 Å². The Morgan fingerprint density at radius 1 is 1.57 bits per heavy atom. The molecule has 1 aromatic rings. The number of benzene rings is 1. The van der Waals surface area contributed by atoms with Crippen molar-refractivity contribution in [2.75, 3.05) is 6.61 Å². The molecule has 0 amide bonds. The highest BCUT2D eigenvalue weighted by Gasteiger charge is 2.15. The SMILES string of the molecule is CCOc1c(O)c(C=O)cc(I)c1I. The molecule has 0 aliphatic heterocycles. The van der Waals surface area contributed by atoms with Gasteiger partial charge in [-0.05, 0) is 58.2 Å². The second-order valence-corrected chi connectivity index (χ2v) is 4.73. The van der Waals surface area contributed by atoms with Crippen molar-refractivity contribution >= 4 is 51.5 Å². The molecule has 0 aliphatic carbocycles. The minimum absolute atomic E-state index is 0.0772. The Morgan fingerprint density at radius 2 is 2.21 bits per heavy atom. The standard InChI is InChI=1S/C9H8I2O3/c1-2-14-9-7(11)6(10)3-5(4-12)8(9)13/h3-4,13H,2H2,1H3. The summed E-state index contributed by atoms with van der Waals surface area (Å²) in [7, 11) is 0. The van der Waals surface area contributed by atoms with Crippen LogP contribution in [0.1, 0.15) is 17.3 Å². The average molecular weight is 418 g/mol. The molecule has 5 heteroatoms. The number of phenolic OH excluding ortho intramolecular Hbond substituents is 1. The van der Waals surface area contributed by atoms with Crippen LogP contribution < -0.4 is 4.74 Å². The number of halogens is 2. The van der Waals surface area contributed by atoms with Gasteiger partial charge in [-0.1, -0.05) is 0 Å². The van der Waals surface area contributed by atoms with Crippen molar-refractivity contribution < 1.29 is 14.6 Å². The minimum Gasteiger partial charge on any atom is -0.504 e. The van der Waals surface area contributed by atoms with E-state index in [0.717, 1.165) is 7.14 Å². The highest BCUT2D eigenvalue weighted by atomic mass is 127. The zero-order valence-corrected chi connectivity index (χ0v) is 11.7. The number of ether oxygens (including phenoxy) is 1. The summed E-state index contributed by atoms with van der Waals surface area (Å²) in [5.74, 6) is 0.314. The van der Waals surface area contributed by atoms with Crippen molar-refractivity contribution in [3.63, 3.8) is 0 Å². The topological polar surface area (TPSA) is 46.5 Å². The van der Waals surface area contributed by atoms with E-state index in [-0.39, 0.29) is 11.3 Å². The summed E-state index contributed by atoms with van der Waals surface area (Å²) in [6, 6.07) is 1.63. The first-order valence-electron chi connectivity index (χ1n) is 3.90. The number of aldehydes is 1. The van der Waals surface area contributed by atoms with E-state index in [4.69, 9.17) is 4.74 Å². The number of carbonyl (C=O) groups is 1. The van der Waals surface area contributed by atoms with Gasteiger partial charge in [-0.2, -0.15) is 0 Å². The Balaban J connectivity index is 3.36. The van der Waals surface area contributed by atoms with Gasteiger partial charge >= 0.3 is 0 Å². The van der Waals surface area contributed by atoms with E-state index in [0.29, 0.717) is 18.6 Å². The quantitative estimate of drug-likeness (QED) is 0.607. The predicted octanol–water partition coefficient (Wildman–Crippen LogP) is 2.81.